The smallest absolute Gasteiger partial charge is 0.269 e. The van der Waals surface area contributed by atoms with Crippen molar-refractivity contribution in [3.63, 3.8) is 0 Å². The minimum absolute atomic E-state index is 0.166. The SMILES string of the molecule is COc1ccc(-c2cc(C(=O)NCc3cccs3)[nH]n2)cc1. The molecule has 112 valence electrons. The lowest BCUT2D eigenvalue weighted by atomic mass is 10.1. The van der Waals surface area contributed by atoms with Gasteiger partial charge in [0, 0.05) is 10.4 Å². The van der Waals surface area contributed by atoms with Crippen LogP contribution >= 0.6 is 11.3 Å². The average Bonchev–Trinajstić information content (AvgIpc) is 3.24. The lowest BCUT2D eigenvalue weighted by Crippen LogP contribution is -2.22. The van der Waals surface area contributed by atoms with E-state index in [2.05, 4.69) is 15.5 Å². The van der Waals surface area contributed by atoms with Crippen LogP contribution in [0.25, 0.3) is 11.3 Å². The maximum Gasteiger partial charge on any atom is 0.269 e. The molecule has 0 bridgehead atoms. The van der Waals surface area contributed by atoms with Crippen molar-refractivity contribution in [1.29, 1.82) is 0 Å². The van der Waals surface area contributed by atoms with Crippen molar-refractivity contribution >= 4 is 17.2 Å². The molecule has 0 fully saturated rings. The van der Waals surface area contributed by atoms with E-state index >= 15 is 0 Å². The number of aromatic amines is 1. The molecule has 0 atom stereocenters. The first kappa shape index (κ1) is 14.3. The van der Waals surface area contributed by atoms with Crippen LogP contribution in [0.3, 0.4) is 0 Å². The van der Waals surface area contributed by atoms with Gasteiger partial charge in [0.25, 0.3) is 5.91 Å². The van der Waals surface area contributed by atoms with E-state index in [1.807, 2.05) is 41.8 Å². The third-order valence-electron chi connectivity index (χ3n) is 3.21. The molecule has 3 aromatic rings. The van der Waals surface area contributed by atoms with Gasteiger partial charge in [-0.3, -0.25) is 9.89 Å². The number of aromatic nitrogens is 2. The van der Waals surface area contributed by atoms with Crippen LogP contribution in [-0.2, 0) is 6.54 Å². The number of amides is 1. The second kappa shape index (κ2) is 6.44. The highest BCUT2D eigenvalue weighted by Crippen LogP contribution is 2.21. The van der Waals surface area contributed by atoms with Crippen molar-refractivity contribution in [2.75, 3.05) is 7.11 Å². The topological polar surface area (TPSA) is 67.0 Å². The lowest BCUT2D eigenvalue weighted by molar-refractivity contribution is 0.0946. The largest absolute Gasteiger partial charge is 0.497 e. The molecule has 0 saturated heterocycles. The van der Waals surface area contributed by atoms with E-state index in [1.54, 1.807) is 24.5 Å². The van der Waals surface area contributed by atoms with Crippen molar-refractivity contribution in [3.05, 3.63) is 58.4 Å². The van der Waals surface area contributed by atoms with E-state index < -0.39 is 0 Å². The number of methoxy groups -OCH3 is 1. The molecular weight excluding hydrogens is 298 g/mol. The van der Waals surface area contributed by atoms with Crippen LogP contribution in [0.1, 0.15) is 15.4 Å². The fourth-order valence-corrected chi connectivity index (χ4v) is 2.67. The zero-order valence-corrected chi connectivity index (χ0v) is 12.8. The molecule has 2 heterocycles. The van der Waals surface area contributed by atoms with Crippen LogP contribution in [0, 0.1) is 0 Å². The highest BCUT2D eigenvalue weighted by Gasteiger charge is 2.11. The summed E-state index contributed by atoms with van der Waals surface area (Å²) in [5.74, 6) is 0.619. The van der Waals surface area contributed by atoms with Crippen LogP contribution in [0.2, 0.25) is 0 Å². The molecule has 0 saturated carbocycles. The van der Waals surface area contributed by atoms with Crippen molar-refractivity contribution < 1.29 is 9.53 Å². The quantitative estimate of drug-likeness (QED) is 0.760. The third-order valence-corrected chi connectivity index (χ3v) is 4.09. The Labute approximate surface area is 132 Å². The molecule has 22 heavy (non-hydrogen) atoms. The summed E-state index contributed by atoms with van der Waals surface area (Å²) in [6.45, 7) is 0.521. The number of carbonyl (C=O) groups is 1. The van der Waals surface area contributed by atoms with Gasteiger partial charge in [-0.15, -0.1) is 11.3 Å². The molecular formula is C16H15N3O2S. The number of rotatable bonds is 5. The second-order valence-corrected chi connectivity index (χ2v) is 5.69. The summed E-state index contributed by atoms with van der Waals surface area (Å²) in [7, 11) is 1.62. The molecule has 2 aromatic heterocycles. The Bertz CT molecular complexity index is 748. The van der Waals surface area contributed by atoms with E-state index in [4.69, 9.17) is 4.74 Å². The third kappa shape index (κ3) is 3.17. The normalized spacial score (nSPS) is 10.4. The summed E-state index contributed by atoms with van der Waals surface area (Å²) < 4.78 is 5.12. The van der Waals surface area contributed by atoms with E-state index in [-0.39, 0.29) is 5.91 Å². The van der Waals surface area contributed by atoms with Gasteiger partial charge in [-0.1, -0.05) is 6.07 Å². The molecule has 0 radical (unpaired) electrons. The predicted molar refractivity (Wildman–Crippen MR) is 86.1 cm³/mol. The number of thiophene rings is 1. The van der Waals surface area contributed by atoms with Crippen molar-refractivity contribution in [2.24, 2.45) is 0 Å². The molecule has 3 rings (SSSR count). The summed E-state index contributed by atoms with van der Waals surface area (Å²) in [6.07, 6.45) is 0. The standard InChI is InChI=1S/C16H15N3O2S/c1-21-12-6-4-11(5-7-12)14-9-15(19-18-14)16(20)17-10-13-3-2-8-22-13/h2-9H,10H2,1H3,(H,17,20)(H,18,19). The van der Waals surface area contributed by atoms with Crippen molar-refractivity contribution in [1.82, 2.24) is 15.5 Å². The van der Waals surface area contributed by atoms with E-state index in [0.717, 1.165) is 21.9 Å². The molecule has 0 aliphatic carbocycles. The lowest BCUT2D eigenvalue weighted by Gasteiger charge is -2.01. The molecule has 6 heteroatoms. The maximum absolute atomic E-state index is 12.1. The van der Waals surface area contributed by atoms with Gasteiger partial charge in [0.15, 0.2) is 0 Å². The van der Waals surface area contributed by atoms with Gasteiger partial charge < -0.3 is 10.1 Å². The molecule has 2 N–H and O–H groups in total. The van der Waals surface area contributed by atoms with Crippen molar-refractivity contribution in [3.8, 4) is 17.0 Å². The Balaban J connectivity index is 1.68. The first-order valence-electron chi connectivity index (χ1n) is 6.76. The fourth-order valence-electron chi connectivity index (χ4n) is 2.02. The minimum atomic E-state index is -0.166. The zero-order chi connectivity index (χ0) is 15.4. The predicted octanol–water partition coefficient (Wildman–Crippen LogP) is 3.08. The Morgan fingerprint density at radius 3 is 2.82 bits per heavy atom. The Morgan fingerprint density at radius 1 is 1.32 bits per heavy atom. The summed E-state index contributed by atoms with van der Waals surface area (Å²) in [4.78, 5) is 13.2. The van der Waals surface area contributed by atoms with Crippen LogP contribution in [0.4, 0.5) is 0 Å². The highest BCUT2D eigenvalue weighted by molar-refractivity contribution is 7.09. The molecule has 0 aliphatic rings. The van der Waals surface area contributed by atoms with Gasteiger partial charge in [0.05, 0.1) is 19.3 Å². The minimum Gasteiger partial charge on any atom is -0.497 e. The molecule has 0 aliphatic heterocycles. The molecule has 1 amide bonds. The number of hydrogen-bond acceptors (Lipinski definition) is 4. The van der Waals surface area contributed by atoms with Gasteiger partial charge >= 0.3 is 0 Å². The summed E-state index contributed by atoms with van der Waals surface area (Å²) in [5, 5.41) is 11.8. The number of ether oxygens (including phenoxy) is 1. The average molecular weight is 313 g/mol. The van der Waals surface area contributed by atoms with E-state index in [9.17, 15) is 4.79 Å². The van der Waals surface area contributed by atoms with Crippen molar-refractivity contribution in [2.45, 2.75) is 6.54 Å². The monoisotopic (exact) mass is 313 g/mol. The Morgan fingerprint density at radius 2 is 2.14 bits per heavy atom. The Kier molecular flexibility index (Phi) is 4.20. The van der Waals surface area contributed by atoms with Gasteiger partial charge in [-0.05, 0) is 41.8 Å². The molecule has 5 nitrogen and oxygen atoms in total. The van der Waals surface area contributed by atoms with Gasteiger partial charge in [-0.25, -0.2) is 0 Å². The number of benzene rings is 1. The van der Waals surface area contributed by atoms with Gasteiger partial charge in [-0.2, -0.15) is 5.10 Å². The summed E-state index contributed by atoms with van der Waals surface area (Å²) in [6, 6.07) is 13.2. The molecule has 1 aromatic carbocycles. The maximum atomic E-state index is 12.1. The van der Waals surface area contributed by atoms with Crippen LogP contribution in [0.5, 0.6) is 5.75 Å². The van der Waals surface area contributed by atoms with Gasteiger partial charge in [0.1, 0.15) is 11.4 Å². The van der Waals surface area contributed by atoms with Gasteiger partial charge in [0.2, 0.25) is 0 Å². The second-order valence-electron chi connectivity index (χ2n) is 4.66. The fraction of sp³-hybridized carbons (Fsp3) is 0.125. The summed E-state index contributed by atoms with van der Waals surface area (Å²) in [5.41, 5.74) is 2.10. The first-order valence-corrected chi connectivity index (χ1v) is 7.64. The van der Waals surface area contributed by atoms with E-state index in [1.165, 1.54) is 0 Å². The zero-order valence-electron chi connectivity index (χ0n) is 12.0. The first-order chi connectivity index (χ1) is 10.8. The number of nitrogens with one attached hydrogen (secondary N) is 2. The van der Waals surface area contributed by atoms with Crippen LogP contribution < -0.4 is 10.1 Å². The molecule has 0 unspecified atom stereocenters. The highest BCUT2D eigenvalue weighted by atomic mass is 32.1. The van der Waals surface area contributed by atoms with Crippen LogP contribution in [-0.4, -0.2) is 23.2 Å². The molecule has 0 spiro atoms. The number of H-pyrrole nitrogens is 1. The summed E-state index contributed by atoms with van der Waals surface area (Å²) >= 11 is 1.61. The Hall–Kier alpha value is -2.60. The van der Waals surface area contributed by atoms with Crippen LogP contribution in [0.15, 0.2) is 47.8 Å². The number of nitrogens with zero attached hydrogens (tertiary/aromatic N) is 1. The van der Waals surface area contributed by atoms with E-state index in [0.29, 0.717) is 12.2 Å². The number of hydrogen-bond donors (Lipinski definition) is 2. The number of carbonyl (C=O) groups excluding carboxylic acids is 1.